The van der Waals surface area contributed by atoms with E-state index in [9.17, 15) is 14.7 Å². The molecule has 0 saturated carbocycles. The largest absolute Gasteiger partial charge is 0.479 e. The Morgan fingerprint density at radius 2 is 2.15 bits per heavy atom. The lowest BCUT2D eigenvalue weighted by atomic mass is 9.93. The van der Waals surface area contributed by atoms with Gasteiger partial charge in [-0.05, 0) is 17.5 Å². The number of nitrogens with zero attached hydrogens (tertiary/aromatic N) is 1. The van der Waals surface area contributed by atoms with E-state index in [1.165, 1.54) is 4.90 Å². The number of benzene rings is 1. The van der Waals surface area contributed by atoms with Crippen LogP contribution in [0, 0.1) is 0 Å². The van der Waals surface area contributed by atoms with Crippen molar-refractivity contribution < 1.29 is 14.7 Å². The number of rotatable bonds is 3. The number of fused-ring (bicyclic) bond motifs is 1. The van der Waals surface area contributed by atoms with Crippen LogP contribution in [-0.4, -0.2) is 35.1 Å². The smallest absolute Gasteiger partial charge is 0.331 e. The molecule has 2 amide bonds. The number of carboxylic acids is 1. The van der Waals surface area contributed by atoms with E-state index in [1.54, 1.807) is 12.1 Å². The molecule has 106 valence electrons. The molecule has 1 heterocycles. The molecule has 20 heavy (non-hydrogen) atoms. The monoisotopic (exact) mass is 294 g/mol. The summed E-state index contributed by atoms with van der Waals surface area (Å²) in [7, 11) is 0. The first-order valence-corrected chi connectivity index (χ1v) is 6.57. The Hall–Kier alpha value is -2.01. The molecule has 0 fully saturated rings. The third kappa shape index (κ3) is 2.93. The molecule has 1 aromatic carbocycles. The lowest BCUT2D eigenvalue weighted by Gasteiger charge is -2.34. The van der Waals surface area contributed by atoms with E-state index in [0.29, 0.717) is 23.6 Å². The zero-order chi connectivity index (χ0) is 14.7. The minimum Gasteiger partial charge on any atom is -0.479 e. The van der Waals surface area contributed by atoms with E-state index < -0.39 is 18.0 Å². The highest BCUT2D eigenvalue weighted by molar-refractivity contribution is 6.29. The summed E-state index contributed by atoms with van der Waals surface area (Å²) in [6, 6.07) is 5.86. The standard InChI is InChI=1S/C14H15ClN2O3/c1-9(15)8-16-14(20)17-7-6-10-4-2-3-5-11(10)12(17)13(18)19/h2-5,12H,1,6-8H2,(H,16,20)(H,18,19). The Morgan fingerprint density at radius 3 is 2.80 bits per heavy atom. The summed E-state index contributed by atoms with van der Waals surface area (Å²) in [4.78, 5) is 24.9. The van der Waals surface area contributed by atoms with Crippen LogP contribution in [0.2, 0.25) is 0 Å². The molecule has 5 nitrogen and oxygen atoms in total. The second-order valence-electron chi connectivity index (χ2n) is 4.56. The highest BCUT2D eigenvalue weighted by atomic mass is 35.5. The quantitative estimate of drug-likeness (QED) is 0.897. The summed E-state index contributed by atoms with van der Waals surface area (Å²) < 4.78 is 0. The molecule has 2 rings (SSSR count). The van der Waals surface area contributed by atoms with E-state index >= 15 is 0 Å². The molecule has 0 saturated heterocycles. The van der Waals surface area contributed by atoms with Crippen LogP contribution in [0.25, 0.3) is 0 Å². The van der Waals surface area contributed by atoms with Gasteiger partial charge in [0.05, 0.1) is 6.54 Å². The van der Waals surface area contributed by atoms with Crippen molar-refractivity contribution in [2.75, 3.05) is 13.1 Å². The zero-order valence-corrected chi connectivity index (χ0v) is 11.6. The van der Waals surface area contributed by atoms with Gasteiger partial charge in [0.2, 0.25) is 0 Å². The van der Waals surface area contributed by atoms with Crippen LogP contribution in [0.3, 0.4) is 0 Å². The highest BCUT2D eigenvalue weighted by Gasteiger charge is 2.35. The van der Waals surface area contributed by atoms with Crippen LogP contribution in [0.5, 0.6) is 0 Å². The first kappa shape index (κ1) is 14.4. The number of carboxylic acid groups (broad SMARTS) is 1. The van der Waals surface area contributed by atoms with Crippen molar-refractivity contribution in [3.8, 4) is 0 Å². The molecule has 0 bridgehead atoms. The maximum absolute atomic E-state index is 12.1. The molecule has 0 aromatic heterocycles. The molecule has 1 unspecified atom stereocenters. The predicted molar refractivity (Wildman–Crippen MR) is 75.6 cm³/mol. The second kappa shape index (κ2) is 5.96. The van der Waals surface area contributed by atoms with E-state index in [0.717, 1.165) is 5.56 Å². The summed E-state index contributed by atoms with van der Waals surface area (Å²) >= 11 is 5.60. The molecular weight excluding hydrogens is 280 g/mol. The highest BCUT2D eigenvalue weighted by Crippen LogP contribution is 2.29. The molecule has 1 atom stereocenters. The number of aliphatic carboxylic acids is 1. The van der Waals surface area contributed by atoms with Crippen LogP contribution in [0.15, 0.2) is 35.9 Å². The average molecular weight is 295 g/mol. The van der Waals surface area contributed by atoms with E-state index in [-0.39, 0.29) is 6.54 Å². The Bertz CT molecular complexity index is 559. The third-order valence-corrected chi connectivity index (χ3v) is 3.34. The van der Waals surface area contributed by atoms with Crippen molar-refractivity contribution in [3.05, 3.63) is 47.0 Å². The van der Waals surface area contributed by atoms with Gasteiger partial charge in [-0.2, -0.15) is 0 Å². The second-order valence-corrected chi connectivity index (χ2v) is 5.09. The Kier molecular flexibility index (Phi) is 4.29. The predicted octanol–water partition coefficient (Wildman–Crippen LogP) is 2.13. The number of hydrogen-bond donors (Lipinski definition) is 2. The van der Waals surface area contributed by atoms with Gasteiger partial charge in [0, 0.05) is 11.6 Å². The molecule has 0 radical (unpaired) electrons. The lowest BCUT2D eigenvalue weighted by Crippen LogP contribution is -2.48. The number of carbonyl (C=O) groups excluding carboxylic acids is 1. The number of halogens is 1. The van der Waals surface area contributed by atoms with Crippen molar-refractivity contribution in [1.82, 2.24) is 10.2 Å². The minimum absolute atomic E-state index is 0.116. The van der Waals surface area contributed by atoms with Gasteiger partial charge in [-0.25, -0.2) is 9.59 Å². The lowest BCUT2D eigenvalue weighted by molar-refractivity contribution is -0.142. The maximum atomic E-state index is 12.1. The summed E-state index contributed by atoms with van der Waals surface area (Å²) in [5.74, 6) is -1.04. The zero-order valence-electron chi connectivity index (χ0n) is 10.8. The summed E-state index contributed by atoms with van der Waals surface area (Å²) in [6.07, 6.45) is 0.634. The van der Waals surface area contributed by atoms with E-state index in [4.69, 9.17) is 11.6 Å². The number of nitrogens with one attached hydrogen (secondary N) is 1. The Labute approximate surface area is 121 Å². The van der Waals surface area contributed by atoms with Crippen molar-refractivity contribution in [2.24, 2.45) is 0 Å². The number of hydrogen-bond acceptors (Lipinski definition) is 2. The van der Waals surface area contributed by atoms with Crippen molar-refractivity contribution in [2.45, 2.75) is 12.5 Å². The van der Waals surface area contributed by atoms with Gasteiger partial charge < -0.3 is 15.3 Å². The number of carbonyl (C=O) groups is 2. The molecule has 2 N–H and O–H groups in total. The third-order valence-electron chi connectivity index (χ3n) is 3.21. The fraction of sp³-hybridized carbons (Fsp3) is 0.286. The van der Waals surface area contributed by atoms with Crippen LogP contribution >= 0.6 is 11.6 Å². The minimum atomic E-state index is -1.04. The SMILES string of the molecule is C=C(Cl)CNC(=O)N1CCc2ccccc2C1C(=O)O. The Balaban J connectivity index is 2.24. The Morgan fingerprint density at radius 1 is 1.45 bits per heavy atom. The number of amides is 2. The fourth-order valence-corrected chi connectivity index (χ4v) is 2.39. The maximum Gasteiger partial charge on any atom is 0.331 e. The number of urea groups is 1. The molecular formula is C14H15ClN2O3. The normalized spacial score (nSPS) is 17.2. The summed E-state index contributed by atoms with van der Waals surface area (Å²) in [5, 5.41) is 12.3. The molecule has 6 heteroatoms. The van der Waals surface area contributed by atoms with Gasteiger partial charge in [0.1, 0.15) is 0 Å². The molecule has 0 spiro atoms. The van der Waals surface area contributed by atoms with Gasteiger partial charge in [0.15, 0.2) is 6.04 Å². The van der Waals surface area contributed by atoms with E-state index in [2.05, 4.69) is 11.9 Å². The van der Waals surface area contributed by atoms with Crippen molar-refractivity contribution in [3.63, 3.8) is 0 Å². The summed E-state index contributed by atoms with van der Waals surface area (Å²) in [6.45, 7) is 3.95. The van der Waals surface area contributed by atoms with Gasteiger partial charge in [-0.15, -0.1) is 0 Å². The van der Waals surface area contributed by atoms with Crippen molar-refractivity contribution in [1.29, 1.82) is 0 Å². The molecule has 1 aliphatic heterocycles. The van der Waals surface area contributed by atoms with Gasteiger partial charge in [-0.3, -0.25) is 0 Å². The average Bonchev–Trinajstić information content (AvgIpc) is 2.43. The summed E-state index contributed by atoms with van der Waals surface area (Å²) in [5.41, 5.74) is 1.62. The fourth-order valence-electron chi connectivity index (χ4n) is 2.32. The van der Waals surface area contributed by atoms with Gasteiger partial charge in [-0.1, -0.05) is 42.4 Å². The molecule has 1 aromatic rings. The van der Waals surface area contributed by atoms with Crippen LogP contribution in [0.1, 0.15) is 17.2 Å². The first-order chi connectivity index (χ1) is 9.50. The first-order valence-electron chi connectivity index (χ1n) is 6.19. The molecule has 0 aliphatic carbocycles. The van der Waals surface area contributed by atoms with Gasteiger partial charge >= 0.3 is 12.0 Å². The van der Waals surface area contributed by atoms with Gasteiger partial charge in [0.25, 0.3) is 0 Å². The topological polar surface area (TPSA) is 69.6 Å². The van der Waals surface area contributed by atoms with Crippen molar-refractivity contribution >= 4 is 23.6 Å². The van der Waals surface area contributed by atoms with E-state index in [1.807, 2.05) is 12.1 Å². The van der Waals surface area contributed by atoms with Crippen LogP contribution in [0.4, 0.5) is 4.79 Å². The molecule has 1 aliphatic rings. The van der Waals surface area contributed by atoms with Crippen LogP contribution in [-0.2, 0) is 11.2 Å². The van der Waals surface area contributed by atoms with Crippen LogP contribution < -0.4 is 5.32 Å².